The minimum Gasteiger partial charge on any atom is -0.377 e. The molecule has 0 spiro atoms. The first-order valence-electron chi connectivity index (χ1n) is 9.01. The second kappa shape index (κ2) is 7.32. The maximum atomic E-state index is 12.3. The number of ether oxygens (including phenoxy) is 1. The first kappa shape index (κ1) is 17.4. The molecule has 1 amide bonds. The number of carbonyl (C=O) groups excluding carboxylic acids is 1. The van der Waals surface area contributed by atoms with E-state index in [2.05, 4.69) is 39.7 Å². The van der Waals surface area contributed by atoms with Gasteiger partial charge in [-0.15, -0.1) is 0 Å². The number of nitrogens with one attached hydrogen (secondary N) is 1. The van der Waals surface area contributed by atoms with Crippen molar-refractivity contribution in [3.63, 3.8) is 0 Å². The predicted molar refractivity (Wildman–Crippen MR) is 102 cm³/mol. The molecule has 0 bridgehead atoms. The number of benzene rings is 1. The molecule has 27 heavy (non-hydrogen) atoms. The Kier molecular flexibility index (Phi) is 4.73. The average Bonchev–Trinajstić information content (AvgIpc) is 3.07. The monoisotopic (exact) mass is 362 g/mol. The van der Waals surface area contributed by atoms with Gasteiger partial charge in [-0.25, -0.2) is 0 Å². The zero-order valence-electron chi connectivity index (χ0n) is 15.5. The van der Waals surface area contributed by atoms with Crippen LogP contribution in [0.4, 0.5) is 0 Å². The van der Waals surface area contributed by atoms with Crippen LogP contribution >= 0.6 is 0 Å². The van der Waals surface area contributed by atoms with E-state index in [1.165, 1.54) is 5.56 Å². The van der Waals surface area contributed by atoms with E-state index in [0.717, 1.165) is 28.8 Å². The second-order valence-electron chi connectivity index (χ2n) is 6.95. The molecule has 6 heteroatoms. The lowest BCUT2D eigenvalue weighted by Gasteiger charge is -2.26. The fourth-order valence-electron chi connectivity index (χ4n) is 3.04. The van der Waals surface area contributed by atoms with E-state index in [4.69, 9.17) is 4.74 Å². The Morgan fingerprint density at radius 1 is 1.26 bits per heavy atom. The minimum atomic E-state index is -0.143. The molecule has 1 N–H and O–H groups in total. The van der Waals surface area contributed by atoms with Gasteiger partial charge in [0.25, 0.3) is 5.91 Å². The number of carbonyl (C=O) groups is 1. The summed E-state index contributed by atoms with van der Waals surface area (Å²) in [4.78, 5) is 16.6. The molecule has 138 valence electrons. The van der Waals surface area contributed by atoms with E-state index in [1.807, 2.05) is 32.3 Å². The number of aromatic nitrogens is 3. The largest absolute Gasteiger partial charge is 0.377 e. The highest BCUT2D eigenvalue weighted by atomic mass is 16.5. The summed E-state index contributed by atoms with van der Waals surface area (Å²) in [5.74, 6) is -0.143. The summed E-state index contributed by atoms with van der Waals surface area (Å²) in [5.41, 5.74) is 5.87. The van der Waals surface area contributed by atoms with Crippen molar-refractivity contribution in [2.24, 2.45) is 7.05 Å². The van der Waals surface area contributed by atoms with Crippen LogP contribution in [-0.2, 0) is 18.2 Å². The Morgan fingerprint density at radius 2 is 2.04 bits per heavy atom. The Balaban J connectivity index is 1.49. The highest BCUT2D eigenvalue weighted by Crippen LogP contribution is 2.20. The zero-order chi connectivity index (χ0) is 18.8. The van der Waals surface area contributed by atoms with Crippen molar-refractivity contribution in [2.45, 2.75) is 19.4 Å². The Bertz CT molecular complexity index is 959. The lowest BCUT2D eigenvalue weighted by atomic mass is 9.99. The molecule has 0 aliphatic carbocycles. The maximum Gasteiger partial charge on any atom is 0.270 e. The van der Waals surface area contributed by atoms with Crippen molar-refractivity contribution in [1.82, 2.24) is 20.1 Å². The summed E-state index contributed by atoms with van der Waals surface area (Å²) in [6.45, 7) is 3.17. The van der Waals surface area contributed by atoms with Crippen LogP contribution in [0, 0.1) is 6.92 Å². The van der Waals surface area contributed by atoms with Crippen LogP contribution in [0.1, 0.15) is 27.2 Å². The summed E-state index contributed by atoms with van der Waals surface area (Å²) in [7, 11) is 1.91. The SMILES string of the molecule is Cc1cnc(C(=O)NC2COC2)cc1Cc1ccc(-c2ccn(C)n2)cc1. The molecule has 1 saturated heterocycles. The molecule has 0 atom stereocenters. The van der Waals surface area contributed by atoms with Crippen molar-refractivity contribution in [2.75, 3.05) is 13.2 Å². The van der Waals surface area contributed by atoms with Gasteiger partial charge in [0.2, 0.25) is 0 Å². The molecule has 0 saturated carbocycles. The summed E-state index contributed by atoms with van der Waals surface area (Å²) >= 11 is 0. The van der Waals surface area contributed by atoms with Crippen LogP contribution in [0.15, 0.2) is 48.8 Å². The van der Waals surface area contributed by atoms with Gasteiger partial charge < -0.3 is 10.1 Å². The number of hydrogen-bond donors (Lipinski definition) is 1. The molecule has 0 unspecified atom stereocenters. The zero-order valence-corrected chi connectivity index (χ0v) is 15.5. The van der Waals surface area contributed by atoms with Crippen LogP contribution in [0.5, 0.6) is 0 Å². The van der Waals surface area contributed by atoms with Gasteiger partial charge >= 0.3 is 0 Å². The Labute approximate surface area is 158 Å². The smallest absolute Gasteiger partial charge is 0.270 e. The minimum absolute atomic E-state index is 0.100. The van der Waals surface area contributed by atoms with Crippen LogP contribution in [0.2, 0.25) is 0 Å². The molecule has 1 aromatic carbocycles. The van der Waals surface area contributed by atoms with Crippen molar-refractivity contribution in [3.05, 3.63) is 71.2 Å². The number of rotatable bonds is 5. The predicted octanol–water partition coefficient (Wildman–Crippen LogP) is 2.51. The molecular weight excluding hydrogens is 340 g/mol. The maximum absolute atomic E-state index is 12.3. The lowest BCUT2D eigenvalue weighted by Crippen LogP contribution is -2.48. The van der Waals surface area contributed by atoms with Gasteiger partial charge in [0.15, 0.2) is 0 Å². The molecule has 0 radical (unpaired) electrons. The fourth-order valence-corrected chi connectivity index (χ4v) is 3.04. The van der Waals surface area contributed by atoms with E-state index in [-0.39, 0.29) is 11.9 Å². The van der Waals surface area contributed by atoms with Gasteiger partial charge in [0, 0.05) is 25.0 Å². The van der Waals surface area contributed by atoms with Crippen molar-refractivity contribution >= 4 is 5.91 Å². The van der Waals surface area contributed by atoms with Gasteiger partial charge in [-0.2, -0.15) is 5.10 Å². The molecule has 3 heterocycles. The van der Waals surface area contributed by atoms with Crippen molar-refractivity contribution in [3.8, 4) is 11.3 Å². The first-order chi connectivity index (χ1) is 13.1. The second-order valence-corrected chi connectivity index (χ2v) is 6.95. The topological polar surface area (TPSA) is 69.0 Å². The molecular formula is C21H22N4O2. The quantitative estimate of drug-likeness (QED) is 0.757. The van der Waals surface area contributed by atoms with Crippen LogP contribution in [-0.4, -0.2) is 39.9 Å². The van der Waals surface area contributed by atoms with E-state index >= 15 is 0 Å². The van der Waals surface area contributed by atoms with Gasteiger partial charge in [-0.1, -0.05) is 24.3 Å². The van der Waals surface area contributed by atoms with Crippen LogP contribution < -0.4 is 5.32 Å². The highest BCUT2D eigenvalue weighted by molar-refractivity contribution is 5.92. The van der Waals surface area contributed by atoms with Gasteiger partial charge in [0.05, 0.1) is 24.9 Å². The third-order valence-electron chi connectivity index (χ3n) is 4.78. The Morgan fingerprint density at radius 3 is 2.67 bits per heavy atom. The fraction of sp³-hybridized carbons (Fsp3) is 0.286. The van der Waals surface area contributed by atoms with Gasteiger partial charge in [-0.3, -0.25) is 14.5 Å². The van der Waals surface area contributed by atoms with Gasteiger partial charge in [-0.05, 0) is 42.2 Å². The third-order valence-corrected chi connectivity index (χ3v) is 4.78. The number of amides is 1. The van der Waals surface area contributed by atoms with Crippen molar-refractivity contribution < 1.29 is 9.53 Å². The third kappa shape index (κ3) is 3.90. The molecule has 1 aliphatic rings. The summed E-state index contributed by atoms with van der Waals surface area (Å²) in [6, 6.07) is 12.4. The van der Waals surface area contributed by atoms with Crippen LogP contribution in [0.25, 0.3) is 11.3 Å². The van der Waals surface area contributed by atoms with E-state index < -0.39 is 0 Å². The molecule has 1 fully saturated rings. The number of nitrogens with zero attached hydrogens (tertiary/aromatic N) is 3. The molecule has 2 aromatic heterocycles. The normalized spacial score (nSPS) is 14.0. The van der Waals surface area contributed by atoms with E-state index in [0.29, 0.717) is 18.9 Å². The summed E-state index contributed by atoms with van der Waals surface area (Å²) in [5, 5.41) is 7.37. The van der Waals surface area contributed by atoms with E-state index in [9.17, 15) is 4.79 Å². The van der Waals surface area contributed by atoms with Gasteiger partial charge in [0.1, 0.15) is 5.69 Å². The molecule has 1 aliphatic heterocycles. The van der Waals surface area contributed by atoms with E-state index in [1.54, 1.807) is 10.9 Å². The number of pyridine rings is 1. The first-order valence-corrected chi connectivity index (χ1v) is 9.01. The van der Waals surface area contributed by atoms with Crippen molar-refractivity contribution in [1.29, 1.82) is 0 Å². The Hall–Kier alpha value is -2.99. The highest BCUT2D eigenvalue weighted by Gasteiger charge is 2.21. The number of hydrogen-bond acceptors (Lipinski definition) is 4. The molecule has 3 aromatic rings. The summed E-state index contributed by atoms with van der Waals surface area (Å²) < 4.78 is 6.89. The lowest BCUT2D eigenvalue weighted by molar-refractivity contribution is -0.00355. The molecule has 4 rings (SSSR count). The van der Waals surface area contributed by atoms with Crippen LogP contribution in [0.3, 0.4) is 0 Å². The average molecular weight is 362 g/mol. The number of aryl methyl sites for hydroxylation is 2. The molecule has 6 nitrogen and oxygen atoms in total. The summed E-state index contributed by atoms with van der Waals surface area (Å²) in [6.07, 6.45) is 4.46. The standard InChI is InChI=1S/C21H22N4O2/c1-14-11-22-20(21(26)23-18-12-27-13-18)10-17(14)9-15-3-5-16(6-4-15)19-7-8-25(2)24-19/h3-8,10-11,18H,9,12-13H2,1-2H3,(H,23,26).